The molecule has 2 aliphatic rings. The number of benzene rings is 1. The van der Waals surface area contributed by atoms with Crippen molar-refractivity contribution in [1.82, 2.24) is 9.88 Å². The van der Waals surface area contributed by atoms with E-state index in [0.717, 1.165) is 42.6 Å². The summed E-state index contributed by atoms with van der Waals surface area (Å²) in [5, 5.41) is 0.354. The van der Waals surface area contributed by atoms with Crippen molar-refractivity contribution in [2.45, 2.75) is 64.6 Å². The number of aromatic nitrogens is 1. The van der Waals surface area contributed by atoms with Crippen LogP contribution in [-0.2, 0) is 25.7 Å². The zero-order chi connectivity index (χ0) is 25.5. The lowest BCUT2D eigenvalue weighted by Crippen LogP contribution is -2.42. The molecule has 0 radical (unpaired) electrons. The number of hydrogen-bond acceptors (Lipinski definition) is 6. The first-order chi connectivity index (χ1) is 17.5. The van der Waals surface area contributed by atoms with Gasteiger partial charge in [0, 0.05) is 30.8 Å². The number of rotatable bonds is 10. The first kappa shape index (κ1) is 26.2. The van der Waals surface area contributed by atoms with E-state index in [1.165, 1.54) is 0 Å². The molecule has 1 fully saturated rings. The maximum atomic E-state index is 13.4. The fraction of sp³-hybridized carbons (Fsp3) is 0.464. The second kappa shape index (κ2) is 12.4. The highest BCUT2D eigenvalue weighted by atomic mass is 35.5. The van der Waals surface area contributed by atoms with Crippen LogP contribution in [0, 0.1) is 0 Å². The molecule has 0 saturated carbocycles. The Kier molecular flexibility index (Phi) is 8.99. The number of unbranched alkanes of at least 4 members (excludes halogenated alkanes) is 1. The van der Waals surface area contributed by atoms with Gasteiger partial charge in [-0.2, -0.15) is 0 Å². The van der Waals surface area contributed by atoms with E-state index >= 15 is 0 Å². The number of carbonyl (C=O) groups excluding carboxylic acids is 2. The predicted octanol–water partition coefficient (Wildman–Crippen LogP) is 5.43. The van der Waals surface area contributed by atoms with E-state index in [-0.39, 0.29) is 25.0 Å². The molecule has 36 heavy (non-hydrogen) atoms. The molecule has 0 bridgehead atoms. The van der Waals surface area contributed by atoms with Crippen molar-refractivity contribution < 1.29 is 23.8 Å². The van der Waals surface area contributed by atoms with Crippen LogP contribution in [0.2, 0.25) is 5.15 Å². The average Bonchev–Trinajstić information content (AvgIpc) is 3.39. The van der Waals surface area contributed by atoms with Gasteiger partial charge in [0.15, 0.2) is 0 Å². The molecule has 0 spiro atoms. The number of pyridine rings is 1. The average molecular weight is 513 g/mol. The standard InChI is InChI=1S/C28H33ClN2O5/c1-3-4-13-34-22-10-7-20(8-11-22)18-36-28(33)27-19(2)31(17-23-6-5-14-35-23)26(32)15-24(27)21-9-12-25(29)30-16-21/h7-12,16,23-24H,3-6,13-15,17-18H2,1-2H3. The first-order valence-electron chi connectivity index (χ1n) is 12.6. The van der Waals surface area contributed by atoms with Crippen LogP contribution in [0.15, 0.2) is 53.9 Å². The van der Waals surface area contributed by atoms with Gasteiger partial charge in [-0.25, -0.2) is 9.78 Å². The van der Waals surface area contributed by atoms with E-state index in [1.54, 1.807) is 30.2 Å². The molecule has 4 rings (SSSR count). The fourth-order valence-corrected chi connectivity index (χ4v) is 4.72. The quantitative estimate of drug-likeness (QED) is 0.240. The van der Waals surface area contributed by atoms with Crippen LogP contribution in [0.3, 0.4) is 0 Å². The van der Waals surface area contributed by atoms with Gasteiger partial charge in [-0.05, 0) is 55.5 Å². The first-order valence-corrected chi connectivity index (χ1v) is 13.0. The van der Waals surface area contributed by atoms with Crippen molar-refractivity contribution in [2.24, 2.45) is 0 Å². The third-order valence-corrected chi connectivity index (χ3v) is 6.89. The highest BCUT2D eigenvalue weighted by molar-refractivity contribution is 6.29. The molecular weight excluding hydrogens is 480 g/mol. The third-order valence-electron chi connectivity index (χ3n) is 6.67. The van der Waals surface area contributed by atoms with Crippen molar-refractivity contribution in [1.29, 1.82) is 0 Å². The van der Waals surface area contributed by atoms with Crippen molar-refractivity contribution in [3.8, 4) is 5.75 Å². The largest absolute Gasteiger partial charge is 0.494 e. The lowest BCUT2D eigenvalue weighted by atomic mass is 9.84. The molecule has 7 nitrogen and oxygen atoms in total. The minimum atomic E-state index is -0.454. The van der Waals surface area contributed by atoms with E-state index in [0.29, 0.717) is 36.2 Å². The van der Waals surface area contributed by atoms with Gasteiger partial charge in [-0.15, -0.1) is 0 Å². The number of ether oxygens (including phenoxy) is 3. The van der Waals surface area contributed by atoms with Crippen LogP contribution >= 0.6 is 11.6 Å². The van der Waals surface area contributed by atoms with E-state index in [2.05, 4.69) is 11.9 Å². The lowest BCUT2D eigenvalue weighted by Gasteiger charge is -2.35. The fourth-order valence-electron chi connectivity index (χ4n) is 4.61. The maximum Gasteiger partial charge on any atom is 0.336 e. The van der Waals surface area contributed by atoms with Crippen LogP contribution in [0.25, 0.3) is 0 Å². The minimum Gasteiger partial charge on any atom is -0.494 e. The predicted molar refractivity (Wildman–Crippen MR) is 137 cm³/mol. The van der Waals surface area contributed by atoms with Crippen LogP contribution in [0.4, 0.5) is 0 Å². The molecule has 2 aliphatic heterocycles. The molecule has 0 aliphatic carbocycles. The summed E-state index contributed by atoms with van der Waals surface area (Å²) in [6.45, 7) is 5.87. The van der Waals surface area contributed by atoms with Crippen LogP contribution in [0.5, 0.6) is 5.75 Å². The molecular formula is C28H33ClN2O5. The number of amides is 1. The van der Waals surface area contributed by atoms with Gasteiger partial charge in [-0.3, -0.25) is 4.79 Å². The Balaban J connectivity index is 1.52. The second-order valence-corrected chi connectivity index (χ2v) is 9.62. The Morgan fingerprint density at radius 2 is 2.03 bits per heavy atom. The number of hydrogen-bond donors (Lipinski definition) is 0. The van der Waals surface area contributed by atoms with Crippen LogP contribution in [0.1, 0.15) is 63.0 Å². The zero-order valence-electron chi connectivity index (χ0n) is 20.9. The Morgan fingerprint density at radius 1 is 1.22 bits per heavy atom. The third kappa shape index (κ3) is 6.45. The molecule has 0 N–H and O–H groups in total. The van der Waals surface area contributed by atoms with Gasteiger partial charge in [0.05, 0.1) is 24.8 Å². The molecule has 1 aromatic carbocycles. The highest BCUT2D eigenvalue weighted by Gasteiger charge is 2.38. The van der Waals surface area contributed by atoms with Gasteiger partial charge >= 0.3 is 5.97 Å². The van der Waals surface area contributed by atoms with E-state index in [1.807, 2.05) is 24.3 Å². The summed E-state index contributed by atoms with van der Waals surface area (Å²) in [6.07, 6.45) is 5.71. The Bertz CT molecular complexity index is 1080. The Labute approximate surface area is 217 Å². The number of nitrogens with zero attached hydrogens (tertiary/aromatic N) is 2. The van der Waals surface area contributed by atoms with E-state index < -0.39 is 11.9 Å². The highest BCUT2D eigenvalue weighted by Crippen LogP contribution is 2.37. The minimum absolute atomic E-state index is 0.0204. The maximum absolute atomic E-state index is 13.4. The van der Waals surface area contributed by atoms with Gasteiger partial charge in [0.25, 0.3) is 0 Å². The molecule has 2 aromatic rings. The van der Waals surface area contributed by atoms with Gasteiger partial charge < -0.3 is 19.1 Å². The molecule has 192 valence electrons. The Morgan fingerprint density at radius 3 is 2.69 bits per heavy atom. The summed E-state index contributed by atoms with van der Waals surface area (Å²) in [6, 6.07) is 11.0. The second-order valence-electron chi connectivity index (χ2n) is 9.23. The normalized spacial score (nSPS) is 20.1. The molecule has 1 aromatic heterocycles. The zero-order valence-corrected chi connectivity index (χ0v) is 21.6. The topological polar surface area (TPSA) is 78.0 Å². The molecule has 2 atom stereocenters. The van der Waals surface area contributed by atoms with Crippen molar-refractivity contribution in [3.63, 3.8) is 0 Å². The summed E-state index contributed by atoms with van der Waals surface area (Å²) in [4.78, 5) is 32.4. The van der Waals surface area contributed by atoms with E-state index in [4.69, 9.17) is 25.8 Å². The van der Waals surface area contributed by atoms with Gasteiger partial charge in [-0.1, -0.05) is 43.1 Å². The summed E-state index contributed by atoms with van der Waals surface area (Å²) < 4.78 is 17.2. The number of allylic oxidation sites excluding steroid dienone is 1. The number of esters is 1. The van der Waals surface area contributed by atoms with Crippen molar-refractivity contribution in [2.75, 3.05) is 19.8 Å². The van der Waals surface area contributed by atoms with E-state index in [9.17, 15) is 9.59 Å². The van der Waals surface area contributed by atoms with Crippen LogP contribution in [-0.4, -0.2) is 47.6 Å². The summed E-state index contributed by atoms with van der Waals surface area (Å²) >= 11 is 5.98. The van der Waals surface area contributed by atoms with Crippen molar-refractivity contribution >= 4 is 23.5 Å². The Hall–Kier alpha value is -2.90. The van der Waals surface area contributed by atoms with Gasteiger partial charge in [0.2, 0.25) is 5.91 Å². The molecule has 2 unspecified atom stereocenters. The summed E-state index contributed by atoms with van der Waals surface area (Å²) in [7, 11) is 0. The van der Waals surface area contributed by atoms with Crippen molar-refractivity contribution in [3.05, 3.63) is 70.1 Å². The van der Waals surface area contributed by atoms with Gasteiger partial charge in [0.1, 0.15) is 17.5 Å². The SMILES string of the molecule is CCCCOc1ccc(COC(=O)C2=C(C)N(CC3CCCO3)C(=O)CC2c2ccc(Cl)nc2)cc1. The monoisotopic (exact) mass is 512 g/mol. The molecule has 1 amide bonds. The summed E-state index contributed by atoms with van der Waals surface area (Å²) in [5.41, 5.74) is 2.68. The number of halogens is 1. The molecule has 1 saturated heterocycles. The van der Waals surface area contributed by atoms with Crippen LogP contribution < -0.4 is 4.74 Å². The number of carbonyl (C=O) groups is 2. The smallest absolute Gasteiger partial charge is 0.336 e. The molecule has 3 heterocycles. The summed E-state index contributed by atoms with van der Waals surface area (Å²) in [5.74, 6) is -0.147. The lowest BCUT2D eigenvalue weighted by molar-refractivity contribution is -0.141. The molecule has 8 heteroatoms.